The summed E-state index contributed by atoms with van der Waals surface area (Å²) in [5.41, 5.74) is 7.99. The van der Waals surface area contributed by atoms with E-state index in [1.807, 2.05) is 6.07 Å². The van der Waals surface area contributed by atoms with Crippen LogP contribution in [0.25, 0.3) is 0 Å². The van der Waals surface area contributed by atoms with E-state index in [0.717, 1.165) is 5.56 Å². The van der Waals surface area contributed by atoms with Crippen molar-refractivity contribution >= 4 is 11.7 Å². The van der Waals surface area contributed by atoms with Crippen molar-refractivity contribution in [1.82, 2.24) is 0 Å². The summed E-state index contributed by atoms with van der Waals surface area (Å²) in [7, 11) is 1.31. The van der Waals surface area contributed by atoms with Crippen LogP contribution in [-0.4, -0.2) is 13.1 Å². The molecule has 0 aromatic heterocycles. The maximum atomic E-state index is 11.7. The summed E-state index contributed by atoms with van der Waals surface area (Å²) in [5.74, 6) is -0.115. The van der Waals surface area contributed by atoms with E-state index in [4.69, 9.17) is 20.5 Å². The van der Waals surface area contributed by atoms with E-state index in [-0.39, 0.29) is 6.61 Å². The van der Waals surface area contributed by atoms with Gasteiger partial charge in [-0.15, -0.1) is 0 Å². The molecule has 2 aromatic carbocycles. The van der Waals surface area contributed by atoms with E-state index < -0.39 is 5.97 Å². The lowest BCUT2D eigenvalue weighted by molar-refractivity contribution is 0.0595. The number of carbonyl (C=O) groups excluding carboxylic acids is 1. The number of benzene rings is 2. The van der Waals surface area contributed by atoms with Gasteiger partial charge in [0, 0.05) is 11.8 Å². The molecule has 0 unspecified atom stereocenters. The normalized spacial score (nSPS) is 9.71. The Morgan fingerprint density at radius 1 is 1.24 bits per heavy atom. The lowest BCUT2D eigenvalue weighted by Gasteiger charge is -2.11. The van der Waals surface area contributed by atoms with Crippen molar-refractivity contribution in [3.05, 3.63) is 59.2 Å². The highest BCUT2D eigenvalue weighted by Crippen LogP contribution is 2.23. The largest absolute Gasteiger partial charge is 0.488 e. The molecule has 0 bridgehead atoms. The van der Waals surface area contributed by atoms with E-state index in [1.165, 1.54) is 7.11 Å². The fraction of sp³-hybridized carbons (Fsp3) is 0.125. The predicted molar refractivity (Wildman–Crippen MR) is 77.7 cm³/mol. The second-order valence-corrected chi connectivity index (χ2v) is 4.34. The summed E-state index contributed by atoms with van der Waals surface area (Å²) < 4.78 is 10.3. The second-order valence-electron chi connectivity index (χ2n) is 4.34. The third-order valence-electron chi connectivity index (χ3n) is 2.89. The van der Waals surface area contributed by atoms with Gasteiger partial charge in [-0.25, -0.2) is 4.79 Å². The molecule has 0 aliphatic heterocycles. The van der Waals surface area contributed by atoms with Crippen molar-refractivity contribution in [1.29, 1.82) is 5.26 Å². The standard InChI is InChI=1S/C16H14N2O3/c1-20-16(19)14-7-6-13(18)8-15(14)21-10-12-4-2-11(9-17)3-5-12/h2-8H,10,18H2,1H3. The second kappa shape index (κ2) is 6.44. The van der Waals surface area contributed by atoms with Crippen molar-refractivity contribution in [3.63, 3.8) is 0 Å². The third kappa shape index (κ3) is 3.51. The van der Waals surface area contributed by atoms with Gasteiger partial charge in [-0.3, -0.25) is 0 Å². The van der Waals surface area contributed by atoms with Gasteiger partial charge in [-0.2, -0.15) is 5.26 Å². The number of hydrogen-bond acceptors (Lipinski definition) is 5. The zero-order valence-electron chi connectivity index (χ0n) is 11.5. The first-order valence-electron chi connectivity index (χ1n) is 6.23. The number of nitrogens with zero attached hydrogens (tertiary/aromatic N) is 1. The van der Waals surface area contributed by atoms with Crippen molar-refractivity contribution in [3.8, 4) is 11.8 Å². The van der Waals surface area contributed by atoms with E-state index in [0.29, 0.717) is 22.6 Å². The minimum Gasteiger partial charge on any atom is -0.488 e. The van der Waals surface area contributed by atoms with E-state index in [1.54, 1.807) is 42.5 Å². The molecule has 21 heavy (non-hydrogen) atoms. The molecule has 0 atom stereocenters. The molecule has 0 saturated heterocycles. The minimum absolute atomic E-state index is 0.263. The number of nitrogens with two attached hydrogens (primary N) is 1. The van der Waals surface area contributed by atoms with Gasteiger partial charge in [0.2, 0.25) is 0 Å². The number of hydrogen-bond donors (Lipinski definition) is 1. The highest BCUT2D eigenvalue weighted by Gasteiger charge is 2.13. The van der Waals surface area contributed by atoms with Crippen LogP contribution < -0.4 is 10.5 Å². The summed E-state index contributed by atoms with van der Waals surface area (Å²) in [4.78, 5) is 11.7. The number of anilines is 1. The molecule has 0 fully saturated rings. The molecule has 0 radical (unpaired) electrons. The Labute approximate surface area is 122 Å². The molecule has 106 valence electrons. The van der Waals surface area contributed by atoms with Crippen LogP contribution in [0.2, 0.25) is 0 Å². The Hall–Kier alpha value is -3.00. The zero-order chi connectivity index (χ0) is 15.2. The van der Waals surface area contributed by atoms with Crippen LogP contribution in [0.15, 0.2) is 42.5 Å². The Balaban J connectivity index is 2.16. The van der Waals surface area contributed by atoms with Crippen LogP contribution in [0.3, 0.4) is 0 Å². The molecule has 2 rings (SSSR count). The number of rotatable bonds is 4. The Morgan fingerprint density at radius 3 is 2.57 bits per heavy atom. The smallest absolute Gasteiger partial charge is 0.341 e. The predicted octanol–water partition coefficient (Wildman–Crippen LogP) is 2.51. The first kappa shape index (κ1) is 14.4. The molecule has 5 heteroatoms. The number of nitrogen functional groups attached to an aromatic ring is 1. The minimum atomic E-state index is -0.482. The van der Waals surface area contributed by atoms with Gasteiger partial charge < -0.3 is 15.2 Å². The molecule has 0 saturated carbocycles. The Bertz CT molecular complexity index is 688. The van der Waals surface area contributed by atoms with Gasteiger partial charge in [0.15, 0.2) is 0 Å². The summed E-state index contributed by atoms with van der Waals surface area (Å²) in [6.45, 7) is 0.263. The summed E-state index contributed by atoms with van der Waals surface area (Å²) in [5, 5.41) is 8.75. The van der Waals surface area contributed by atoms with E-state index in [9.17, 15) is 4.79 Å². The number of esters is 1. The molecule has 0 spiro atoms. The van der Waals surface area contributed by atoms with Crippen LogP contribution >= 0.6 is 0 Å². The SMILES string of the molecule is COC(=O)c1ccc(N)cc1OCc1ccc(C#N)cc1. The highest BCUT2D eigenvalue weighted by atomic mass is 16.5. The molecule has 0 aliphatic rings. The Kier molecular flexibility index (Phi) is 4.42. The van der Waals surface area contributed by atoms with Crippen LogP contribution in [0.5, 0.6) is 5.75 Å². The number of nitriles is 1. The van der Waals surface area contributed by atoms with Crippen LogP contribution in [0.1, 0.15) is 21.5 Å². The molecule has 5 nitrogen and oxygen atoms in total. The lowest BCUT2D eigenvalue weighted by atomic mass is 10.1. The fourth-order valence-corrected chi connectivity index (χ4v) is 1.77. The van der Waals surface area contributed by atoms with Crippen molar-refractivity contribution < 1.29 is 14.3 Å². The number of carbonyl (C=O) groups is 1. The maximum absolute atomic E-state index is 11.7. The van der Waals surface area contributed by atoms with Crippen molar-refractivity contribution in [2.75, 3.05) is 12.8 Å². The monoisotopic (exact) mass is 282 g/mol. The lowest BCUT2D eigenvalue weighted by Crippen LogP contribution is -2.06. The molecular weight excluding hydrogens is 268 g/mol. The summed E-state index contributed by atoms with van der Waals surface area (Å²) in [6.07, 6.45) is 0. The molecule has 2 N–H and O–H groups in total. The zero-order valence-corrected chi connectivity index (χ0v) is 11.5. The summed E-state index contributed by atoms with van der Waals surface area (Å²) in [6, 6.07) is 13.8. The average Bonchev–Trinajstić information content (AvgIpc) is 2.52. The topological polar surface area (TPSA) is 85.3 Å². The van der Waals surface area contributed by atoms with Gasteiger partial charge in [0.05, 0.1) is 18.7 Å². The first-order chi connectivity index (χ1) is 10.1. The molecule has 0 amide bonds. The van der Waals surface area contributed by atoms with Crippen LogP contribution in [-0.2, 0) is 11.3 Å². The van der Waals surface area contributed by atoms with Gasteiger partial charge in [-0.05, 0) is 29.8 Å². The fourth-order valence-electron chi connectivity index (χ4n) is 1.77. The molecular formula is C16H14N2O3. The summed E-state index contributed by atoms with van der Waals surface area (Å²) >= 11 is 0. The van der Waals surface area contributed by atoms with E-state index in [2.05, 4.69) is 0 Å². The van der Waals surface area contributed by atoms with Gasteiger partial charge in [0.1, 0.15) is 17.9 Å². The quantitative estimate of drug-likeness (QED) is 0.688. The number of methoxy groups -OCH3 is 1. The molecule has 2 aromatic rings. The molecule has 0 aliphatic carbocycles. The average molecular weight is 282 g/mol. The van der Waals surface area contributed by atoms with Gasteiger partial charge >= 0.3 is 5.97 Å². The highest BCUT2D eigenvalue weighted by molar-refractivity contribution is 5.93. The third-order valence-corrected chi connectivity index (χ3v) is 2.89. The molecule has 0 heterocycles. The Morgan fingerprint density at radius 2 is 1.95 bits per heavy atom. The van der Waals surface area contributed by atoms with Gasteiger partial charge in [0.25, 0.3) is 0 Å². The van der Waals surface area contributed by atoms with Crippen molar-refractivity contribution in [2.24, 2.45) is 0 Å². The van der Waals surface area contributed by atoms with Crippen LogP contribution in [0.4, 0.5) is 5.69 Å². The maximum Gasteiger partial charge on any atom is 0.341 e. The number of ether oxygens (including phenoxy) is 2. The van der Waals surface area contributed by atoms with Gasteiger partial charge in [-0.1, -0.05) is 12.1 Å². The van der Waals surface area contributed by atoms with Crippen molar-refractivity contribution in [2.45, 2.75) is 6.61 Å². The first-order valence-corrected chi connectivity index (χ1v) is 6.23. The van der Waals surface area contributed by atoms with Crippen LogP contribution in [0, 0.1) is 11.3 Å². The van der Waals surface area contributed by atoms with E-state index >= 15 is 0 Å².